The summed E-state index contributed by atoms with van der Waals surface area (Å²) in [4.78, 5) is 39.5. The van der Waals surface area contributed by atoms with Gasteiger partial charge in [-0.1, -0.05) is 0 Å². The van der Waals surface area contributed by atoms with Crippen LogP contribution in [0.2, 0.25) is 0 Å². The Morgan fingerprint density at radius 3 is 2.54 bits per heavy atom. The van der Waals surface area contributed by atoms with Gasteiger partial charge in [-0.15, -0.1) is 0 Å². The van der Waals surface area contributed by atoms with Crippen LogP contribution >= 0.6 is 11.8 Å². The van der Waals surface area contributed by atoms with E-state index < -0.39 is 17.1 Å². The Hall–Kier alpha value is -3.00. The highest BCUT2D eigenvalue weighted by atomic mass is 32.2. The largest absolute Gasteiger partial charge is 0.465 e. The van der Waals surface area contributed by atoms with Crippen molar-refractivity contribution in [3.8, 4) is 5.69 Å². The van der Waals surface area contributed by atoms with Crippen molar-refractivity contribution in [2.45, 2.75) is 6.92 Å². The number of hydrogen-bond donors (Lipinski definition) is 0. The zero-order valence-electron chi connectivity index (χ0n) is 15.9. The average molecular weight is 399 g/mol. The second-order valence-electron chi connectivity index (χ2n) is 6.29. The van der Waals surface area contributed by atoms with Crippen molar-refractivity contribution >= 4 is 40.6 Å². The molecule has 1 aliphatic heterocycles. The molecule has 2 heterocycles. The topological polar surface area (TPSA) is 71.8 Å². The molecule has 2 amide bonds. The molecule has 28 heavy (non-hydrogen) atoms. The fourth-order valence-electron chi connectivity index (χ4n) is 2.76. The molecule has 0 unspecified atom stereocenters. The molecule has 0 radical (unpaired) electrons. The summed E-state index contributed by atoms with van der Waals surface area (Å²) in [5, 5.41) is -0.474. The number of hydrogen-bond acceptors (Lipinski definition) is 6. The molecule has 0 N–H and O–H groups in total. The van der Waals surface area contributed by atoms with Gasteiger partial charge in [0.15, 0.2) is 0 Å². The van der Waals surface area contributed by atoms with Crippen LogP contribution in [-0.2, 0) is 14.3 Å². The Labute approximate surface area is 167 Å². The minimum absolute atomic E-state index is 0.199. The van der Waals surface area contributed by atoms with Gasteiger partial charge in [0.25, 0.3) is 11.1 Å². The first-order valence-electron chi connectivity index (χ1n) is 8.77. The Kier molecular flexibility index (Phi) is 5.89. The number of amides is 2. The van der Waals surface area contributed by atoms with E-state index in [9.17, 15) is 14.4 Å². The maximum absolute atomic E-state index is 12.5. The molecule has 0 spiro atoms. The second-order valence-corrected chi connectivity index (χ2v) is 7.28. The van der Waals surface area contributed by atoms with Crippen molar-refractivity contribution in [2.24, 2.45) is 0 Å². The van der Waals surface area contributed by atoms with Crippen LogP contribution in [0.4, 0.5) is 10.5 Å². The number of carbonyl (C=O) groups excluding carboxylic acids is 3. The van der Waals surface area contributed by atoms with E-state index in [1.165, 1.54) is 0 Å². The van der Waals surface area contributed by atoms with Crippen molar-refractivity contribution in [1.82, 2.24) is 9.47 Å². The van der Waals surface area contributed by atoms with Gasteiger partial charge in [0, 0.05) is 37.4 Å². The number of nitrogens with zero attached hydrogens (tertiary/aromatic N) is 3. The van der Waals surface area contributed by atoms with Gasteiger partial charge in [-0.3, -0.25) is 19.3 Å². The summed E-state index contributed by atoms with van der Waals surface area (Å²) >= 11 is 0.821. The van der Waals surface area contributed by atoms with Gasteiger partial charge in [0.2, 0.25) is 0 Å². The molecule has 0 bridgehead atoms. The summed E-state index contributed by atoms with van der Waals surface area (Å²) in [6, 6.07) is 11.7. The fraction of sp³-hybridized carbons (Fsp3) is 0.250. The van der Waals surface area contributed by atoms with Crippen LogP contribution in [0.15, 0.2) is 47.5 Å². The first-order chi connectivity index (χ1) is 13.4. The second kappa shape index (κ2) is 8.35. The summed E-state index contributed by atoms with van der Waals surface area (Å²) in [5.74, 6) is -1.09. The van der Waals surface area contributed by atoms with Crippen LogP contribution in [0, 0.1) is 0 Å². The molecule has 1 aromatic heterocycles. The number of esters is 1. The van der Waals surface area contributed by atoms with E-state index in [-0.39, 0.29) is 18.1 Å². The van der Waals surface area contributed by atoms with Crippen molar-refractivity contribution < 1.29 is 19.1 Å². The minimum Gasteiger partial charge on any atom is -0.465 e. The van der Waals surface area contributed by atoms with E-state index >= 15 is 0 Å². The summed E-state index contributed by atoms with van der Waals surface area (Å²) in [5.41, 5.74) is 2.78. The van der Waals surface area contributed by atoms with Crippen LogP contribution in [0.3, 0.4) is 0 Å². The lowest BCUT2D eigenvalue weighted by Crippen LogP contribution is -2.34. The highest BCUT2D eigenvalue weighted by Crippen LogP contribution is 2.32. The lowest BCUT2D eigenvalue weighted by atomic mass is 10.2. The normalized spacial score (nSPS) is 15.4. The van der Waals surface area contributed by atoms with Gasteiger partial charge >= 0.3 is 5.97 Å². The monoisotopic (exact) mass is 399 g/mol. The van der Waals surface area contributed by atoms with E-state index in [4.69, 9.17) is 4.74 Å². The molecule has 8 heteroatoms. The molecule has 7 nitrogen and oxygen atoms in total. The van der Waals surface area contributed by atoms with Gasteiger partial charge in [-0.2, -0.15) is 0 Å². The van der Waals surface area contributed by atoms with Crippen LogP contribution in [0.5, 0.6) is 0 Å². The number of carbonyl (C=O) groups is 3. The zero-order valence-corrected chi connectivity index (χ0v) is 16.7. The molecular weight excluding hydrogens is 378 g/mol. The van der Waals surface area contributed by atoms with Crippen LogP contribution in [0.1, 0.15) is 12.6 Å². The van der Waals surface area contributed by atoms with Crippen molar-refractivity contribution in [1.29, 1.82) is 0 Å². The van der Waals surface area contributed by atoms with E-state index in [0.717, 1.165) is 33.7 Å². The van der Waals surface area contributed by atoms with Gasteiger partial charge in [0.05, 0.1) is 11.5 Å². The number of imide groups is 1. The molecule has 146 valence electrons. The fourth-order valence-corrected chi connectivity index (χ4v) is 3.59. The average Bonchev–Trinajstić information content (AvgIpc) is 3.22. The van der Waals surface area contributed by atoms with E-state index in [0.29, 0.717) is 0 Å². The molecule has 3 rings (SSSR count). The highest BCUT2D eigenvalue weighted by Gasteiger charge is 2.36. The van der Waals surface area contributed by atoms with Crippen molar-refractivity contribution in [2.75, 3.05) is 32.1 Å². The van der Waals surface area contributed by atoms with Crippen LogP contribution in [-0.4, -0.2) is 53.8 Å². The highest BCUT2D eigenvalue weighted by molar-refractivity contribution is 8.18. The molecule has 0 saturated carbocycles. The summed E-state index contributed by atoms with van der Waals surface area (Å²) < 4.78 is 6.75. The van der Waals surface area contributed by atoms with Gasteiger partial charge in [0.1, 0.15) is 6.54 Å². The molecule has 1 aliphatic rings. The summed E-state index contributed by atoms with van der Waals surface area (Å²) in [6.07, 6.45) is 3.55. The standard InChI is InChI=1S/C20H21N3O4S/c1-4-27-18(24)13-23-19(25)17(28-20(23)26)12-16-6-5-11-22(16)15-9-7-14(8-10-15)21(2)3/h5-12H,4,13H2,1-3H3/b17-12-. The molecule has 2 aromatic rings. The third-order valence-corrected chi connectivity index (χ3v) is 5.08. The van der Waals surface area contributed by atoms with Gasteiger partial charge < -0.3 is 14.2 Å². The zero-order chi connectivity index (χ0) is 20.3. The smallest absolute Gasteiger partial charge is 0.326 e. The maximum atomic E-state index is 12.5. The predicted molar refractivity (Wildman–Crippen MR) is 109 cm³/mol. The van der Waals surface area contributed by atoms with Crippen LogP contribution in [0.25, 0.3) is 11.8 Å². The maximum Gasteiger partial charge on any atom is 0.326 e. The number of rotatable bonds is 6. The minimum atomic E-state index is -0.601. The molecule has 1 fully saturated rings. The Morgan fingerprint density at radius 2 is 1.89 bits per heavy atom. The summed E-state index contributed by atoms with van der Waals surface area (Å²) in [7, 11) is 3.95. The number of ether oxygens (including phenoxy) is 1. The van der Waals surface area contributed by atoms with Crippen molar-refractivity contribution in [3.05, 3.63) is 53.2 Å². The van der Waals surface area contributed by atoms with E-state index in [1.807, 2.05) is 66.2 Å². The van der Waals surface area contributed by atoms with Crippen LogP contribution < -0.4 is 4.90 Å². The number of anilines is 1. The first-order valence-corrected chi connectivity index (χ1v) is 9.58. The Bertz CT molecular complexity index is 931. The van der Waals surface area contributed by atoms with E-state index in [1.54, 1.807) is 13.0 Å². The van der Waals surface area contributed by atoms with Crippen molar-refractivity contribution in [3.63, 3.8) is 0 Å². The quantitative estimate of drug-likeness (QED) is 0.549. The molecular formula is C20H21N3O4S. The predicted octanol–water partition coefficient (Wildman–Crippen LogP) is 3.14. The Balaban J connectivity index is 1.83. The Morgan fingerprint density at radius 1 is 1.18 bits per heavy atom. The van der Waals surface area contributed by atoms with E-state index in [2.05, 4.69) is 0 Å². The van der Waals surface area contributed by atoms with Gasteiger partial charge in [-0.05, 0) is 61.2 Å². The molecule has 1 aromatic carbocycles. The number of benzene rings is 1. The van der Waals surface area contributed by atoms with Gasteiger partial charge in [-0.25, -0.2) is 0 Å². The number of thioether (sulfide) groups is 1. The molecule has 0 aliphatic carbocycles. The third-order valence-electron chi connectivity index (χ3n) is 4.17. The summed E-state index contributed by atoms with van der Waals surface area (Å²) in [6.45, 7) is 1.50. The number of aromatic nitrogens is 1. The molecule has 0 atom stereocenters. The SMILES string of the molecule is CCOC(=O)CN1C(=O)S/C(=C\c2cccn2-c2ccc(N(C)C)cc2)C1=O. The lowest BCUT2D eigenvalue weighted by molar-refractivity contribution is -0.145. The molecule has 1 saturated heterocycles. The third kappa shape index (κ3) is 4.12. The lowest BCUT2D eigenvalue weighted by Gasteiger charge is -2.14. The first kappa shape index (κ1) is 19.8.